The summed E-state index contributed by atoms with van der Waals surface area (Å²) in [4.78, 5) is 31.1. The molecule has 0 radical (unpaired) electrons. The molecule has 1 aromatic carbocycles. The van der Waals surface area contributed by atoms with Crippen LogP contribution in [0.2, 0.25) is 0 Å². The molecule has 2 heterocycles. The normalized spacial score (nSPS) is 12.3. The highest BCUT2D eigenvalue weighted by atomic mass is 32.1. The number of carboxylic acids is 1. The molecule has 6 nitrogen and oxygen atoms in total. The average Bonchev–Trinajstić information content (AvgIpc) is 3.12. The number of carbonyl (C=O) groups is 2. The summed E-state index contributed by atoms with van der Waals surface area (Å²) in [5, 5.41) is 13.4. The fraction of sp³-hybridized carbons (Fsp3) is 0.188. The zero-order valence-electron chi connectivity index (χ0n) is 12.6. The summed E-state index contributed by atoms with van der Waals surface area (Å²) in [6, 6.07) is 6.96. The summed E-state index contributed by atoms with van der Waals surface area (Å²) < 4.78 is 0. The molecular formula is C16H15N3O3S. The highest BCUT2D eigenvalue weighted by Crippen LogP contribution is 2.24. The number of rotatable bonds is 4. The van der Waals surface area contributed by atoms with Gasteiger partial charge in [-0.25, -0.2) is 9.78 Å². The molecule has 1 amide bonds. The number of aryl methyl sites for hydroxylation is 1. The summed E-state index contributed by atoms with van der Waals surface area (Å²) in [6.45, 7) is 3.44. The second kappa shape index (κ2) is 5.85. The van der Waals surface area contributed by atoms with E-state index in [9.17, 15) is 9.59 Å². The monoisotopic (exact) mass is 329 g/mol. The lowest BCUT2D eigenvalue weighted by Crippen LogP contribution is -2.26. The SMILES string of the molecule is Cc1nc([C@@H](C)NC(=O)c2cccc3[nH]ccc23)sc1C(=O)O. The molecule has 3 rings (SSSR count). The number of hydrogen-bond donors (Lipinski definition) is 3. The highest BCUT2D eigenvalue weighted by molar-refractivity contribution is 7.13. The van der Waals surface area contributed by atoms with Crippen LogP contribution in [0, 0.1) is 6.92 Å². The van der Waals surface area contributed by atoms with Gasteiger partial charge in [-0.1, -0.05) is 6.07 Å². The van der Waals surface area contributed by atoms with E-state index in [1.54, 1.807) is 26.1 Å². The Balaban J connectivity index is 1.84. The molecule has 0 aliphatic carbocycles. The maximum Gasteiger partial charge on any atom is 0.347 e. The second-order valence-electron chi connectivity index (χ2n) is 5.21. The molecular weight excluding hydrogens is 314 g/mol. The van der Waals surface area contributed by atoms with Crippen LogP contribution in [0.5, 0.6) is 0 Å². The van der Waals surface area contributed by atoms with Gasteiger partial charge in [0.15, 0.2) is 0 Å². The van der Waals surface area contributed by atoms with Gasteiger partial charge in [0.1, 0.15) is 9.88 Å². The zero-order valence-corrected chi connectivity index (χ0v) is 13.4. The van der Waals surface area contributed by atoms with Gasteiger partial charge in [0, 0.05) is 22.7 Å². The Morgan fingerprint density at radius 3 is 2.83 bits per heavy atom. The molecule has 3 N–H and O–H groups in total. The van der Waals surface area contributed by atoms with Crippen LogP contribution in [0.15, 0.2) is 30.5 Å². The maximum absolute atomic E-state index is 12.5. The number of nitrogens with one attached hydrogen (secondary N) is 2. The Morgan fingerprint density at radius 1 is 1.35 bits per heavy atom. The van der Waals surface area contributed by atoms with Gasteiger partial charge >= 0.3 is 5.97 Å². The molecule has 0 unspecified atom stereocenters. The topological polar surface area (TPSA) is 95.1 Å². The van der Waals surface area contributed by atoms with Crippen molar-refractivity contribution in [1.29, 1.82) is 0 Å². The number of H-pyrrole nitrogens is 1. The fourth-order valence-electron chi connectivity index (χ4n) is 2.42. The van der Waals surface area contributed by atoms with Crippen LogP contribution in [-0.2, 0) is 0 Å². The van der Waals surface area contributed by atoms with Gasteiger partial charge in [0.25, 0.3) is 5.91 Å². The summed E-state index contributed by atoms with van der Waals surface area (Å²) >= 11 is 1.09. The van der Waals surface area contributed by atoms with Gasteiger partial charge in [-0.05, 0) is 32.0 Å². The fourth-order valence-corrected chi connectivity index (χ4v) is 3.33. The number of thiazole rings is 1. The summed E-state index contributed by atoms with van der Waals surface area (Å²) in [6.07, 6.45) is 1.79. The largest absolute Gasteiger partial charge is 0.477 e. The molecule has 7 heteroatoms. The first-order valence-corrected chi connectivity index (χ1v) is 7.86. The third-order valence-electron chi connectivity index (χ3n) is 3.56. The number of benzene rings is 1. The van der Waals surface area contributed by atoms with Gasteiger partial charge < -0.3 is 15.4 Å². The number of nitrogens with zero attached hydrogens (tertiary/aromatic N) is 1. The smallest absolute Gasteiger partial charge is 0.347 e. The van der Waals surface area contributed by atoms with Crippen LogP contribution in [0.1, 0.15) is 43.7 Å². The molecule has 23 heavy (non-hydrogen) atoms. The van der Waals surface area contributed by atoms with E-state index in [0.29, 0.717) is 16.3 Å². The predicted octanol–water partition coefficient (Wildman–Crippen LogP) is 3.12. The first kappa shape index (κ1) is 15.2. The quantitative estimate of drug-likeness (QED) is 0.685. The molecule has 0 aliphatic heterocycles. The van der Waals surface area contributed by atoms with Gasteiger partial charge in [-0.15, -0.1) is 11.3 Å². The van der Waals surface area contributed by atoms with E-state index in [1.807, 2.05) is 18.2 Å². The first-order valence-electron chi connectivity index (χ1n) is 7.05. The van der Waals surface area contributed by atoms with Crippen molar-refractivity contribution in [2.45, 2.75) is 19.9 Å². The van der Waals surface area contributed by atoms with E-state index < -0.39 is 5.97 Å². The summed E-state index contributed by atoms with van der Waals surface area (Å²) in [7, 11) is 0. The van der Waals surface area contributed by atoms with Crippen LogP contribution < -0.4 is 5.32 Å². The van der Waals surface area contributed by atoms with Crippen LogP contribution >= 0.6 is 11.3 Å². The Labute approximate surface area is 136 Å². The van der Waals surface area contributed by atoms with E-state index in [-0.39, 0.29) is 16.8 Å². The van der Waals surface area contributed by atoms with Crippen molar-refractivity contribution in [2.75, 3.05) is 0 Å². The van der Waals surface area contributed by atoms with Crippen molar-refractivity contribution >= 4 is 34.1 Å². The number of carbonyl (C=O) groups excluding carboxylic acids is 1. The van der Waals surface area contributed by atoms with Gasteiger partial charge in [0.05, 0.1) is 11.7 Å². The third kappa shape index (κ3) is 2.83. The molecule has 3 aromatic rings. The molecule has 118 valence electrons. The van der Waals surface area contributed by atoms with Crippen molar-refractivity contribution in [1.82, 2.24) is 15.3 Å². The number of hydrogen-bond acceptors (Lipinski definition) is 4. The number of amides is 1. The maximum atomic E-state index is 12.5. The molecule has 0 bridgehead atoms. The summed E-state index contributed by atoms with van der Waals surface area (Å²) in [5.74, 6) is -1.21. The summed E-state index contributed by atoms with van der Waals surface area (Å²) in [5.41, 5.74) is 1.93. The van der Waals surface area contributed by atoms with E-state index in [2.05, 4.69) is 15.3 Å². The lowest BCUT2D eigenvalue weighted by molar-refractivity contribution is 0.0701. The van der Waals surface area contributed by atoms with E-state index >= 15 is 0 Å². The molecule has 0 aliphatic rings. The van der Waals surface area contributed by atoms with Crippen LogP contribution in [-0.4, -0.2) is 27.0 Å². The lowest BCUT2D eigenvalue weighted by Gasteiger charge is -2.11. The molecule has 0 spiro atoms. The minimum Gasteiger partial charge on any atom is -0.477 e. The van der Waals surface area contributed by atoms with E-state index in [0.717, 1.165) is 22.2 Å². The third-order valence-corrected chi connectivity index (χ3v) is 4.89. The van der Waals surface area contributed by atoms with Crippen LogP contribution in [0.3, 0.4) is 0 Å². The van der Waals surface area contributed by atoms with Crippen molar-refractivity contribution < 1.29 is 14.7 Å². The van der Waals surface area contributed by atoms with Gasteiger partial charge in [0.2, 0.25) is 0 Å². The predicted molar refractivity (Wildman–Crippen MR) is 88.0 cm³/mol. The number of aromatic nitrogens is 2. The van der Waals surface area contributed by atoms with Crippen LogP contribution in [0.4, 0.5) is 0 Å². The highest BCUT2D eigenvalue weighted by Gasteiger charge is 2.20. The average molecular weight is 329 g/mol. The first-order chi connectivity index (χ1) is 11.0. The van der Waals surface area contributed by atoms with Gasteiger partial charge in [-0.2, -0.15) is 0 Å². The number of aromatic carboxylic acids is 1. The van der Waals surface area contributed by atoms with Crippen molar-refractivity contribution in [3.63, 3.8) is 0 Å². The number of carboxylic acid groups (broad SMARTS) is 1. The minimum atomic E-state index is -0.998. The molecule has 0 fully saturated rings. The minimum absolute atomic E-state index is 0.203. The van der Waals surface area contributed by atoms with E-state index in [1.165, 1.54) is 0 Å². The lowest BCUT2D eigenvalue weighted by atomic mass is 10.1. The van der Waals surface area contributed by atoms with E-state index in [4.69, 9.17) is 5.11 Å². The Bertz CT molecular complexity index is 897. The Morgan fingerprint density at radius 2 is 2.13 bits per heavy atom. The Hall–Kier alpha value is -2.67. The Kier molecular flexibility index (Phi) is 3.87. The molecule has 2 aromatic heterocycles. The van der Waals surface area contributed by atoms with Crippen molar-refractivity contribution in [3.8, 4) is 0 Å². The standard InChI is InChI=1S/C16H15N3O3S/c1-8-13(16(21)22)23-15(19-8)9(2)18-14(20)11-4-3-5-12-10(11)6-7-17-12/h3-7,9,17H,1-2H3,(H,18,20)(H,21,22)/t9-/m1/s1. The van der Waals surface area contributed by atoms with Gasteiger partial charge in [-0.3, -0.25) is 4.79 Å². The van der Waals surface area contributed by atoms with Crippen molar-refractivity contribution in [2.24, 2.45) is 0 Å². The molecule has 0 saturated heterocycles. The number of fused-ring (bicyclic) bond motifs is 1. The molecule has 1 atom stereocenters. The van der Waals surface area contributed by atoms with Crippen LogP contribution in [0.25, 0.3) is 10.9 Å². The van der Waals surface area contributed by atoms with Crippen molar-refractivity contribution in [3.05, 3.63) is 51.6 Å². The second-order valence-corrected chi connectivity index (χ2v) is 6.24. The molecule has 0 saturated carbocycles. The zero-order chi connectivity index (χ0) is 16.6. The number of aromatic amines is 1.